The fourth-order valence-electron chi connectivity index (χ4n) is 4.33. The summed E-state index contributed by atoms with van der Waals surface area (Å²) >= 11 is 0. The number of fused-ring (bicyclic) bond motifs is 1. The molecule has 0 spiro atoms. The van der Waals surface area contributed by atoms with Gasteiger partial charge in [0.15, 0.2) is 0 Å². The maximum Gasteiger partial charge on any atom is 0.270 e. The molecule has 9 nitrogen and oxygen atoms in total. The Morgan fingerprint density at radius 2 is 1.80 bits per heavy atom. The van der Waals surface area contributed by atoms with Crippen LogP contribution in [0, 0.1) is 10.1 Å². The number of non-ortho nitro benzene ring substituents is 1. The number of benzene rings is 2. The van der Waals surface area contributed by atoms with Crippen LogP contribution in [0.15, 0.2) is 81.8 Å². The number of nitro groups is 1. The molecule has 2 aromatic carbocycles. The molecule has 5 rings (SSSR count). The number of nitro benzene ring substituents is 1. The number of rotatable bonds is 6. The van der Waals surface area contributed by atoms with E-state index in [4.69, 9.17) is 4.74 Å². The third-order valence-electron chi connectivity index (χ3n) is 5.96. The Morgan fingerprint density at radius 3 is 2.63 bits per heavy atom. The van der Waals surface area contributed by atoms with Crippen LogP contribution in [-0.2, 0) is 4.74 Å². The summed E-state index contributed by atoms with van der Waals surface area (Å²) in [5.41, 5.74) is 6.52. The molecule has 3 aromatic rings. The lowest BCUT2D eigenvalue weighted by Gasteiger charge is -2.31. The summed E-state index contributed by atoms with van der Waals surface area (Å²) in [7, 11) is 0. The zero-order valence-corrected chi connectivity index (χ0v) is 19.1. The molecule has 0 unspecified atom stereocenters. The Hall–Kier alpha value is -4.24. The smallest absolute Gasteiger partial charge is 0.270 e. The van der Waals surface area contributed by atoms with Crippen molar-refractivity contribution in [3.63, 3.8) is 0 Å². The van der Waals surface area contributed by atoms with Crippen molar-refractivity contribution < 1.29 is 9.66 Å². The van der Waals surface area contributed by atoms with Crippen molar-refractivity contribution in [3.8, 4) is 0 Å². The van der Waals surface area contributed by atoms with Gasteiger partial charge in [-0.1, -0.05) is 24.3 Å². The Labute approximate surface area is 202 Å². The van der Waals surface area contributed by atoms with Gasteiger partial charge in [0.2, 0.25) is 0 Å². The lowest BCUT2D eigenvalue weighted by atomic mass is 10.1. The Balaban J connectivity index is 1.41. The minimum Gasteiger partial charge on any atom is -0.378 e. The van der Waals surface area contributed by atoms with E-state index in [1.54, 1.807) is 30.8 Å². The molecule has 1 fully saturated rings. The molecule has 176 valence electrons. The standard InChI is InChI=1S/C26H24N6O3/c33-32(34)23-5-3-4-19(15-23)14-20-8-9-21(26(20)31-10-12-35-13-11-31)16-28-29-18-22-17-27-24-6-1-2-7-25(24)30-22/h1-7,14-18H,8-13H2/b20-14+,28-16-,29-18-. The van der Waals surface area contributed by atoms with E-state index >= 15 is 0 Å². The van der Waals surface area contributed by atoms with Crippen molar-refractivity contribution in [2.45, 2.75) is 12.8 Å². The summed E-state index contributed by atoms with van der Waals surface area (Å²) in [5.74, 6) is 0. The van der Waals surface area contributed by atoms with E-state index in [-0.39, 0.29) is 10.6 Å². The quantitative estimate of drug-likeness (QED) is 0.301. The molecule has 1 saturated heterocycles. The Bertz CT molecular complexity index is 1370. The number of ether oxygens (including phenoxy) is 1. The molecule has 2 aliphatic rings. The van der Waals surface area contributed by atoms with E-state index in [1.165, 1.54) is 6.07 Å². The van der Waals surface area contributed by atoms with E-state index in [9.17, 15) is 10.1 Å². The minimum atomic E-state index is -0.370. The molecule has 35 heavy (non-hydrogen) atoms. The zero-order valence-electron chi connectivity index (χ0n) is 19.1. The van der Waals surface area contributed by atoms with Gasteiger partial charge >= 0.3 is 0 Å². The number of aromatic nitrogens is 2. The second kappa shape index (κ2) is 10.4. The number of morpholine rings is 1. The van der Waals surface area contributed by atoms with Gasteiger partial charge < -0.3 is 9.64 Å². The van der Waals surface area contributed by atoms with Gasteiger partial charge in [-0.05, 0) is 47.8 Å². The highest BCUT2D eigenvalue weighted by molar-refractivity contribution is 5.85. The van der Waals surface area contributed by atoms with Gasteiger partial charge in [0, 0.05) is 30.9 Å². The molecule has 2 heterocycles. The van der Waals surface area contributed by atoms with Crippen LogP contribution in [0.25, 0.3) is 17.1 Å². The van der Waals surface area contributed by atoms with Crippen LogP contribution < -0.4 is 0 Å². The third-order valence-corrected chi connectivity index (χ3v) is 5.96. The highest BCUT2D eigenvalue weighted by Gasteiger charge is 2.25. The van der Waals surface area contributed by atoms with Gasteiger partial charge in [-0.3, -0.25) is 15.1 Å². The normalized spacial score (nSPS) is 17.9. The van der Waals surface area contributed by atoms with E-state index < -0.39 is 0 Å². The summed E-state index contributed by atoms with van der Waals surface area (Å²) in [5, 5.41) is 19.7. The predicted octanol–water partition coefficient (Wildman–Crippen LogP) is 4.41. The SMILES string of the molecule is O=[N+]([O-])c1cccc(/C=C2\CCC(/C=N\N=C/c3cnc4ccccc4n3)=C2N2CCOCC2)c1. The first-order chi connectivity index (χ1) is 17.2. The first-order valence-electron chi connectivity index (χ1n) is 11.5. The molecule has 0 amide bonds. The van der Waals surface area contributed by atoms with Crippen molar-refractivity contribution in [3.05, 3.63) is 92.9 Å². The summed E-state index contributed by atoms with van der Waals surface area (Å²) in [4.78, 5) is 22.0. The van der Waals surface area contributed by atoms with Crippen molar-refractivity contribution in [1.29, 1.82) is 0 Å². The molecule has 0 atom stereocenters. The predicted molar refractivity (Wildman–Crippen MR) is 135 cm³/mol. The fraction of sp³-hybridized carbons (Fsp3) is 0.231. The molecule has 0 bridgehead atoms. The second-order valence-corrected chi connectivity index (χ2v) is 8.27. The van der Waals surface area contributed by atoms with E-state index in [1.807, 2.05) is 36.4 Å². The molecule has 1 aromatic heterocycles. The average molecular weight is 469 g/mol. The number of hydrogen-bond donors (Lipinski definition) is 0. The highest BCUT2D eigenvalue weighted by atomic mass is 16.6. The maximum absolute atomic E-state index is 11.2. The fourth-order valence-corrected chi connectivity index (χ4v) is 4.33. The van der Waals surface area contributed by atoms with Crippen LogP contribution in [0.2, 0.25) is 0 Å². The first-order valence-corrected chi connectivity index (χ1v) is 11.5. The van der Waals surface area contributed by atoms with Crippen LogP contribution in [0.1, 0.15) is 24.1 Å². The number of nitrogens with zero attached hydrogens (tertiary/aromatic N) is 6. The van der Waals surface area contributed by atoms with E-state index in [0.717, 1.165) is 59.4 Å². The lowest BCUT2D eigenvalue weighted by Crippen LogP contribution is -2.36. The molecule has 1 aliphatic carbocycles. The van der Waals surface area contributed by atoms with E-state index in [2.05, 4.69) is 25.1 Å². The average Bonchev–Trinajstić information content (AvgIpc) is 3.29. The van der Waals surface area contributed by atoms with Crippen LogP contribution in [0.3, 0.4) is 0 Å². The van der Waals surface area contributed by atoms with Crippen molar-refractivity contribution in [1.82, 2.24) is 14.9 Å². The third kappa shape index (κ3) is 5.30. The monoisotopic (exact) mass is 468 g/mol. The number of allylic oxidation sites excluding steroid dienone is 2. The molecule has 1 aliphatic heterocycles. The summed E-state index contributed by atoms with van der Waals surface area (Å²) in [6, 6.07) is 14.4. The van der Waals surface area contributed by atoms with Crippen LogP contribution in [-0.4, -0.2) is 58.5 Å². The number of hydrogen-bond acceptors (Lipinski definition) is 8. The molecule has 9 heteroatoms. The van der Waals surface area contributed by atoms with E-state index in [0.29, 0.717) is 18.9 Å². The summed E-state index contributed by atoms with van der Waals surface area (Å²) in [6.45, 7) is 2.90. The number of para-hydroxylation sites is 2. The summed E-state index contributed by atoms with van der Waals surface area (Å²) in [6.07, 6.45) is 8.75. The lowest BCUT2D eigenvalue weighted by molar-refractivity contribution is -0.384. The van der Waals surface area contributed by atoms with Crippen LogP contribution >= 0.6 is 0 Å². The van der Waals surface area contributed by atoms with Crippen LogP contribution in [0.4, 0.5) is 5.69 Å². The molecule has 0 radical (unpaired) electrons. The largest absolute Gasteiger partial charge is 0.378 e. The summed E-state index contributed by atoms with van der Waals surface area (Å²) < 4.78 is 5.54. The highest BCUT2D eigenvalue weighted by Crippen LogP contribution is 2.35. The molecular weight excluding hydrogens is 444 g/mol. The van der Waals surface area contributed by atoms with Gasteiger partial charge in [-0.2, -0.15) is 10.2 Å². The molecule has 0 saturated carbocycles. The zero-order chi connectivity index (χ0) is 24.0. The maximum atomic E-state index is 11.2. The topological polar surface area (TPSA) is 106 Å². The minimum absolute atomic E-state index is 0.0853. The van der Waals surface area contributed by atoms with Gasteiger partial charge in [0.05, 0.1) is 47.8 Å². The first kappa shape index (κ1) is 22.5. The Morgan fingerprint density at radius 1 is 1.00 bits per heavy atom. The molecule has 0 N–H and O–H groups in total. The molecular formula is C26H24N6O3. The van der Waals surface area contributed by atoms with Crippen molar-refractivity contribution in [2.75, 3.05) is 26.3 Å². The second-order valence-electron chi connectivity index (χ2n) is 8.27. The van der Waals surface area contributed by atoms with Gasteiger partial charge in [0.1, 0.15) is 5.69 Å². The van der Waals surface area contributed by atoms with Crippen LogP contribution in [0.5, 0.6) is 0 Å². The van der Waals surface area contributed by atoms with Gasteiger partial charge in [-0.15, -0.1) is 0 Å². The van der Waals surface area contributed by atoms with Crippen molar-refractivity contribution in [2.24, 2.45) is 10.2 Å². The van der Waals surface area contributed by atoms with Gasteiger partial charge in [-0.25, -0.2) is 4.98 Å². The van der Waals surface area contributed by atoms with Crippen molar-refractivity contribution >= 4 is 35.2 Å². The Kier molecular flexibility index (Phi) is 6.67. The van der Waals surface area contributed by atoms with Gasteiger partial charge in [0.25, 0.3) is 5.69 Å².